The van der Waals surface area contributed by atoms with Gasteiger partial charge in [-0.25, -0.2) is 4.98 Å². The first-order chi connectivity index (χ1) is 7.66. The van der Waals surface area contributed by atoms with Gasteiger partial charge in [-0.2, -0.15) is 0 Å². The second-order valence-corrected chi connectivity index (χ2v) is 5.21. The Labute approximate surface area is 98.9 Å². The van der Waals surface area contributed by atoms with Gasteiger partial charge >= 0.3 is 5.97 Å². The summed E-state index contributed by atoms with van der Waals surface area (Å²) < 4.78 is 0. The minimum absolute atomic E-state index is 0.0371. The minimum Gasteiger partial charge on any atom is -0.481 e. The number of hydrogen-bond acceptors (Lipinski definition) is 4. The number of thiazole rings is 1. The topological polar surface area (TPSA) is 53.4 Å². The molecule has 0 amide bonds. The van der Waals surface area contributed by atoms with Crippen LogP contribution in [-0.4, -0.2) is 34.0 Å². The number of nitrogens with zero attached hydrogens (tertiary/aromatic N) is 2. The van der Waals surface area contributed by atoms with Crippen LogP contribution in [-0.2, 0) is 4.79 Å². The summed E-state index contributed by atoms with van der Waals surface area (Å²) in [6.45, 7) is 3.94. The fourth-order valence-corrected chi connectivity index (χ4v) is 2.83. The molecule has 2 heterocycles. The molecular formula is C11H16N2O2S. The highest BCUT2D eigenvalue weighted by molar-refractivity contribution is 7.09. The normalized spacial score (nSPS) is 18.8. The zero-order chi connectivity index (χ0) is 11.5. The third-order valence-electron chi connectivity index (χ3n) is 2.93. The molecule has 0 radical (unpaired) electrons. The Morgan fingerprint density at radius 1 is 1.62 bits per heavy atom. The van der Waals surface area contributed by atoms with Crippen LogP contribution in [0.5, 0.6) is 0 Å². The van der Waals surface area contributed by atoms with Crippen molar-refractivity contribution in [1.29, 1.82) is 0 Å². The van der Waals surface area contributed by atoms with Crippen LogP contribution in [0.25, 0.3) is 0 Å². The predicted molar refractivity (Wildman–Crippen MR) is 62.7 cm³/mol. The number of aromatic nitrogens is 1. The Kier molecular flexibility index (Phi) is 3.56. The van der Waals surface area contributed by atoms with Crippen LogP contribution in [0.1, 0.15) is 36.0 Å². The summed E-state index contributed by atoms with van der Waals surface area (Å²) in [5.41, 5.74) is 0.923. The van der Waals surface area contributed by atoms with E-state index in [0.29, 0.717) is 0 Å². The summed E-state index contributed by atoms with van der Waals surface area (Å²) in [4.78, 5) is 17.6. The number of carboxylic acids is 1. The number of carboxylic acid groups (broad SMARTS) is 1. The van der Waals surface area contributed by atoms with Crippen molar-refractivity contribution in [2.24, 2.45) is 0 Å². The minimum atomic E-state index is -0.748. The summed E-state index contributed by atoms with van der Waals surface area (Å²) >= 11 is 1.59. The largest absolute Gasteiger partial charge is 0.481 e. The van der Waals surface area contributed by atoms with Gasteiger partial charge in [0, 0.05) is 5.38 Å². The van der Waals surface area contributed by atoms with Crippen molar-refractivity contribution in [3.05, 3.63) is 16.1 Å². The fourth-order valence-electron chi connectivity index (χ4n) is 2.17. The number of rotatable bonds is 4. The van der Waals surface area contributed by atoms with Gasteiger partial charge in [-0.1, -0.05) is 0 Å². The SMILES string of the molecule is Cc1nc(C(CC(=O)O)N2CCCC2)cs1. The monoisotopic (exact) mass is 240 g/mol. The zero-order valence-corrected chi connectivity index (χ0v) is 10.2. The van der Waals surface area contributed by atoms with Crippen molar-refractivity contribution < 1.29 is 9.90 Å². The molecule has 4 nitrogen and oxygen atoms in total. The van der Waals surface area contributed by atoms with Gasteiger partial charge in [-0.15, -0.1) is 11.3 Å². The van der Waals surface area contributed by atoms with E-state index >= 15 is 0 Å². The van der Waals surface area contributed by atoms with Gasteiger partial charge in [0.15, 0.2) is 0 Å². The highest BCUT2D eigenvalue weighted by Gasteiger charge is 2.27. The molecule has 1 saturated heterocycles. The van der Waals surface area contributed by atoms with Gasteiger partial charge in [0.2, 0.25) is 0 Å². The second kappa shape index (κ2) is 4.93. The molecule has 2 rings (SSSR count). The predicted octanol–water partition coefficient (Wildman–Crippen LogP) is 2.06. The molecule has 1 atom stereocenters. The molecule has 1 N–H and O–H groups in total. The lowest BCUT2D eigenvalue weighted by Gasteiger charge is -2.24. The van der Waals surface area contributed by atoms with Gasteiger partial charge in [-0.05, 0) is 32.9 Å². The molecule has 0 saturated carbocycles. The van der Waals surface area contributed by atoms with E-state index < -0.39 is 5.97 Å². The summed E-state index contributed by atoms with van der Waals surface area (Å²) in [6.07, 6.45) is 2.49. The Morgan fingerprint density at radius 3 is 2.81 bits per heavy atom. The van der Waals surface area contributed by atoms with Crippen LogP contribution in [0.15, 0.2) is 5.38 Å². The Bertz CT molecular complexity index is 372. The molecule has 16 heavy (non-hydrogen) atoms. The van der Waals surface area contributed by atoms with Crippen molar-refractivity contribution in [1.82, 2.24) is 9.88 Å². The third kappa shape index (κ3) is 2.59. The Balaban J connectivity index is 2.16. The fraction of sp³-hybridized carbons (Fsp3) is 0.636. The zero-order valence-electron chi connectivity index (χ0n) is 9.35. The van der Waals surface area contributed by atoms with Gasteiger partial charge < -0.3 is 5.11 Å². The van der Waals surface area contributed by atoms with Crippen molar-refractivity contribution >= 4 is 17.3 Å². The number of hydrogen-bond donors (Lipinski definition) is 1. The van der Waals surface area contributed by atoms with E-state index in [2.05, 4.69) is 9.88 Å². The number of aryl methyl sites for hydroxylation is 1. The van der Waals surface area contributed by atoms with Gasteiger partial charge in [0.1, 0.15) is 0 Å². The molecule has 0 aromatic carbocycles. The first kappa shape index (κ1) is 11.5. The average molecular weight is 240 g/mol. The smallest absolute Gasteiger partial charge is 0.305 e. The maximum absolute atomic E-state index is 10.9. The van der Waals surface area contributed by atoms with Crippen molar-refractivity contribution in [2.75, 3.05) is 13.1 Å². The first-order valence-electron chi connectivity index (χ1n) is 5.54. The molecule has 0 spiro atoms. The highest BCUT2D eigenvalue weighted by atomic mass is 32.1. The van der Waals surface area contributed by atoms with Crippen LogP contribution in [0.2, 0.25) is 0 Å². The van der Waals surface area contributed by atoms with Crippen LogP contribution in [0.4, 0.5) is 0 Å². The van der Waals surface area contributed by atoms with E-state index in [4.69, 9.17) is 5.11 Å². The van der Waals surface area contributed by atoms with Crippen LogP contribution in [0, 0.1) is 6.92 Å². The summed E-state index contributed by atoms with van der Waals surface area (Å²) in [6, 6.07) is -0.0371. The van der Waals surface area contributed by atoms with Crippen LogP contribution < -0.4 is 0 Å². The van der Waals surface area contributed by atoms with E-state index in [1.807, 2.05) is 12.3 Å². The van der Waals surface area contributed by atoms with Gasteiger partial charge in [0.05, 0.1) is 23.2 Å². The van der Waals surface area contributed by atoms with E-state index in [1.165, 1.54) is 12.8 Å². The van der Waals surface area contributed by atoms with Crippen molar-refractivity contribution in [3.63, 3.8) is 0 Å². The maximum atomic E-state index is 10.9. The molecule has 1 aromatic rings. The lowest BCUT2D eigenvalue weighted by molar-refractivity contribution is -0.138. The standard InChI is InChI=1S/C11H16N2O2S/c1-8-12-9(7-16-8)10(6-11(14)15)13-4-2-3-5-13/h7,10H,2-6H2,1H3,(H,14,15). The second-order valence-electron chi connectivity index (χ2n) is 4.15. The molecule has 0 bridgehead atoms. The van der Waals surface area contributed by atoms with E-state index in [1.54, 1.807) is 11.3 Å². The van der Waals surface area contributed by atoms with Crippen LogP contribution in [0.3, 0.4) is 0 Å². The van der Waals surface area contributed by atoms with Crippen molar-refractivity contribution in [2.45, 2.75) is 32.2 Å². The summed E-state index contributed by atoms with van der Waals surface area (Å²) in [5.74, 6) is -0.748. The molecule has 0 aliphatic carbocycles. The molecule has 5 heteroatoms. The lowest BCUT2D eigenvalue weighted by atomic mass is 10.1. The molecule has 1 aliphatic rings. The first-order valence-corrected chi connectivity index (χ1v) is 6.42. The third-order valence-corrected chi connectivity index (χ3v) is 3.72. The van der Waals surface area contributed by atoms with Gasteiger partial charge in [0.25, 0.3) is 0 Å². The number of likely N-dealkylation sites (tertiary alicyclic amines) is 1. The Hall–Kier alpha value is -0.940. The Morgan fingerprint density at radius 2 is 2.31 bits per heavy atom. The summed E-state index contributed by atoms with van der Waals surface area (Å²) in [7, 11) is 0. The molecule has 88 valence electrons. The van der Waals surface area contributed by atoms with Gasteiger partial charge in [-0.3, -0.25) is 9.69 Å². The van der Waals surface area contributed by atoms with E-state index in [0.717, 1.165) is 23.8 Å². The molecule has 1 unspecified atom stereocenters. The quantitative estimate of drug-likeness (QED) is 0.875. The molecule has 1 aromatic heterocycles. The molecule has 1 aliphatic heterocycles. The molecule has 1 fully saturated rings. The maximum Gasteiger partial charge on any atom is 0.305 e. The number of carbonyl (C=O) groups is 1. The highest BCUT2D eigenvalue weighted by Crippen LogP contribution is 2.28. The van der Waals surface area contributed by atoms with Crippen LogP contribution >= 0.6 is 11.3 Å². The summed E-state index contributed by atoms with van der Waals surface area (Å²) in [5, 5.41) is 12.0. The molecular weight excluding hydrogens is 224 g/mol. The van der Waals surface area contributed by atoms with E-state index in [-0.39, 0.29) is 12.5 Å². The lowest BCUT2D eigenvalue weighted by Crippen LogP contribution is -2.27. The van der Waals surface area contributed by atoms with Crippen molar-refractivity contribution in [3.8, 4) is 0 Å². The average Bonchev–Trinajstić information content (AvgIpc) is 2.84. The van der Waals surface area contributed by atoms with E-state index in [9.17, 15) is 4.79 Å². The number of aliphatic carboxylic acids is 1.